The molecule has 15 heavy (non-hydrogen) atoms. The van der Waals surface area contributed by atoms with Crippen LogP contribution in [0, 0.1) is 0 Å². The Morgan fingerprint density at radius 3 is 2.53 bits per heavy atom. The van der Waals surface area contributed by atoms with Crippen molar-refractivity contribution in [1.82, 2.24) is 4.98 Å². The quantitative estimate of drug-likeness (QED) is 0.758. The Labute approximate surface area is 96.8 Å². The molecule has 0 saturated heterocycles. The van der Waals surface area contributed by atoms with Crippen molar-refractivity contribution in [2.24, 2.45) is 4.99 Å². The second kappa shape index (κ2) is 4.84. The highest BCUT2D eigenvalue weighted by Gasteiger charge is 1.93. The van der Waals surface area contributed by atoms with Gasteiger partial charge in [-0.2, -0.15) is 0 Å². The zero-order chi connectivity index (χ0) is 10.5. The molecule has 2 nitrogen and oxygen atoms in total. The number of pyridine rings is 1. The van der Waals surface area contributed by atoms with Crippen molar-refractivity contribution in [3.8, 4) is 0 Å². The number of benzene rings is 1. The molecule has 0 aliphatic rings. The third-order valence-corrected chi connectivity index (χ3v) is 2.58. The molecule has 74 valence electrons. The molecule has 1 aromatic carbocycles. The van der Waals surface area contributed by atoms with Crippen molar-refractivity contribution >= 4 is 27.8 Å². The number of hydrogen-bond donors (Lipinski definition) is 0. The van der Waals surface area contributed by atoms with Crippen LogP contribution in [0.1, 0.15) is 5.56 Å². The van der Waals surface area contributed by atoms with E-state index >= 15 is 0 Å². The van der Waals surface area contributed by atoms with E-state index in [4.69, 9.17) is 0 Å². The van der Waals surface area contributed by atoms with Gasteiger partial charge in [-0.3, -0.25) is 9.98 Å². The lowest BCUT2D eigenvalue weighted by Gasteiger charge is -1.96. The summed E-state index contributed by atoms with van der Waals surface area (Å²) < 4.78 is 0.996. The van der Waals surface area contributed by atoms with Gasteiger partial charge in [0.2, 0.25) is 0 Å². The largest absolute Gasteiger partial charge is 0.265 e. The fraction of sp³-hybridized carbons (Fsp3) is 0. The van der Waals surface area contributed by atoms with Crippen molar-refractivity contribution < 1.29 is 0 Å². The Hall–Kier alpha value is -1.48. The summed E-state index contributed by atoms with van der Waals surface area (Å²) in [4.78, 5) is 8.32. The van der Waals surface area contributed by atoms with Crippen LogP contribution in [-0.4, -0.2) is 11.2 Å². The predicted octanol–water partition coefficient (Wildman–Crippen LogP) is 3.59. The maximum atomic E-state index is 4.38. The lowest BCUT2D eigenvalue weighted by Crippen LogP contribution is -1.80. The first-order valence-electron chi connectivity index (χ1n) is 4.55. The molecule has 2 rings (SSSR count). The van der Waals surface area contributed by atoms with Crippen LogP contribution in [0.5, 0.6) is 0 Å². The first-order chi connectivity index (χ1) is 7.36. The molecule has 0 saturated carbocycles. The average Bonchev–Trinajstić information content (AvgIpc) is 2.29. The first-order valence-corrected chi connectivity index (χ1v) is 5.34. The minimum absolute atomic E-state index is 0.925. The first kappa shape index (κ1) is 10.1. The topological polar surface area (TPSA) is 25.2 Å². The van der Waals surface area contributed by atoms with E-state index in [0.717, 1.165) is 15.7 Å². The van der Waals surface area contributed by atoms with Crippen LogP contribution in [-0.2, 0) is 0 Å². The molecular formula is C12H9BrN2. The number of halogens is 1. The Morgan fingerprint density at radius 1 is 1.07 bits per heavy atom. The van der Waals surface area contributed by atoms with Crippen LogP contribution in [0.3, 0.4) is 0 Å². The van der Waals surface area contributed by atoms with Gasteiger partial charge in [0, 0.05) is 23.1 Å². The van der Waals surface area contributed by atoms with Gasteiger partial charge >= 0.3 is 0 Å². The second-order valence-corrected chi connectivity index (χ2v) is 3.84. The highest BCUT2D eigenvalue weighted by atomic mass is 79.9. The fourth-order valence-electron chi connectivity index (χ4n) is 1.15. The van der Waals surface area contributed by atoms with E-state index in [0.29, 0.717) is 0 Å². The van der Waals surface area contributed by atoms with Crippen molar-refractivity contribution in [1.29, 1.82) is 0 Å². The van der Waals surface area contributed by atoms with Gasteiger partial charge in [-0.25, -0.2) is 0 Å². The van der Waals surface area contributed by atoms with E-state index in [1.807, 2.05) is 42.6 Å². The van der Waals surface area contributed by atoms with Gasteiger partial charge in [0.1, 0.15) is 0 Å². The molecule has 0 radical (unpaired) electrons. The smallest absolute Gasteiger partial charge is 0.0771 e. The zero-order valence-corrected chi connectivity index (χ0v) is 9.55. The number of hydrogen-bond acceptors (Lipinski definition) is 2. The van der Waals surface area contributed by atoms with Crippen LogP contribution in [0.4, 0.5) is 5.69 Å². The SMILES string of the molecule is Brc1ccccc1N=Cc1ccncc1. The van der Waals surface area contributed by atoms with E-state index < -0.39 is 0 Å². The molecular weight excluding hydrogens is 252 g/mol. The van der Waals surface area contributed by atoms with Gasteiger partial charge in [-0.15, -0.1) is 0 Å². The minimum Gasteiger partial charge on any atom is -0.265 e. The highest BCUT2D eigenvalue weighted by molar-refractivity contribution is 9.10. The summed E-state index contributed by atoms with van der Waals surface area (Å²) in [6.07, 6.45) is 5.32. The van der Waals surface area contributed by atoms with Gasteiger partial charge in [0.25, 0.3) is 0 Å². The summed E-state index contributed by atoms with van der Waals surface area (Å²) in [5.41, 5.74) is 1.97. The fourth-order valence-corrected chi connectivity index (χ4v) is 1.54. The van der Waals surface area contributed by atoms with E-state index in [-0.39, 0.29) is 0 Å². The monoisotopic (exact) mass is 260 g/mol. The van der Waals surface area contributed by atoms with Crippen LogP contribution >= 0.6 is 15.9 Å². The molecule has 0 N–H and O–H groups in total. The summed E-state index contributed by atoms with van der Waals surface area (Å²) in [5.74, 6) is 0. The summed E-state index contributed by atoms with van der Waals surface area (Å²) >= 11 is 3.44. The predicted molar refractivity (Wildman–Crippen MR) is 65.6 cm³/mol. The van der Waals surface area contributed by atoms with Gasteiger partial charge in [-0.05, 0) is 45.8 Å². The molecule has 0 aliphatic heterocycles. The number of aliphatic imine (C=N–C) groups is 1. The number of nitrogens with zero attached hydrogens (tertiary/aromatic N) is 2. The summed E-state index contributed by atoms with van der Waals surface area (Å²) in [6, 6.07) is 11.7. The third-order valence-electron chi connectivity index (χ3n) is 1.91. The Balaban J connectivity index is 2.23. The van der Waals surface area contributed by atoms with Crippen molar-refractivity contribution in [2.75, 3.05) is 0 Å². The third kappa shape index (κ3) is 2.73. The molecule has 0 unspecified atom stereocenters. The molecule has 0 amide bonds. The van der Waals surface area contributed by atoms with E-state index in [2.05, 4.69) is 25.9 Å². The zero-order valence-electron chi connectivity index (χ0n) is 7.97. The average molecular weight is 261 g/mol. The van der Waals surface area contributed by atoms with Crippen LogP contribution in [0.15, 0.2) is 58.3 Å². The van der Waals surface area contributed by atoms with Gasteiger partial charge < -0.3 is 0 Å². The molecule has 3 heteroatoms. The molecule has 1 heterocycles. The van der Waals surface area contributed by atoms with E-state index in [1.165, 1.54) is 0 Å². The summed E-state index contributed by atoms with van der Waals surface area (Å²) in [7, 11) is 0. The maximum absolute atomic E-state index is 4.38. The Morgan fingerprint density at radius 2 is 1.80 bits per heavy atom. The van der Waals surface area contributed by atoms with E-state index in [9.17, 15) is 0 Å². The van der Waals surface area contributed by atoms with Gasteiger partial charge in [0.15, 0.2) is 0 Å². The lowest BCUT2D eigenvalue weighted by atomic mass is 10.3. The maximum Gasteiger partial charge on any atom is 0.0771 e. The van der Waals surface area contributed by atoms with Crippen LogP contribution in [0.25, 0.3) is 0 Å². The van der Waals surface area contributed by atoms with Crippen LogP contribution < -0.4 is 0 Å². The normalized spacial score (nSPS) is 10.7. The molecule has 2 aromatic rings. The lowest BCUT2D eigenvalue weighted by molar-refractivity contribution is 1.32. The van der Waals surface area contributed by atoms with Gasteiger partial charge in [0.05, 0.1) is 5.69 Å². The molecule has 1 aromatic heterocycles. The van der Waals surface area contributed by atoms with Crippen molar-refractivity contribution in [3.05, 3.63) is 58.8 Å². The van der Waals surface area contributed by atoms with E-state index in [1.54, 1.807) is 12.4 Å². The molecule has 0 fully saturated rings. The molecule has 0 atom stereocenters. The highest BCUT2D eigenvalue weighted by Crippen LogP contribution is 2.23. The Kier molecular flexibility index (Phi) is 3.25. The number of para-hydroxylation sites is 1. The van der Waals surface area contributed by atoms with Gasteiger partial charge in [-0.1, -0.05) is 12.1 Å². The molecule has 0 bridgehead atoms. The Bertz CT molecular complexity index is 466. The summed E-state index contributed by atoms with van der Waals surface area (Å²) in [6.45, 7) is 0. The standard InChI is InChI=1S/C12H9BrN2/c13-11-3-1-2-4-12(11)15-9-10-5-7-14-8-6-10/h1-9H. The van der Waals surface area contributed by atoms with Crippen LogP contribution in [0.2, 0.25) is 0 Å². The van der Waals surface area contributed by atoms with Crippen molar-refractivity contribution in [3.63, 3.8) is 0 Å². The number of rotatable bonds is 2. The second-order valence-electron chi connectivity index (χ2n) is 2.99. The summed E-state index contributed by atoms with van der Waals surface area (Å²) in [5, 5.41) is 0. The minimum atomic E-state index is 0.925. The molecule has 0 aliphatic carbocycles. The molecule has 0 spiro atoms. The van der Waals surface area contributed by atoms with Crippen molar-refractivity contribution in [2.45, 2.75) is 0 Å². The number of aromatic nitrogens is 1.